The molecule has 1 aliphatic heterocycles. The quantitative estimate of drug-likeness (QED) is 0.908. The maximum atomic E-state index is 13.0. The summed E-state index contributed by atoms with van der Waals surface area (Å²) in [6.45, 7) is 3.49. The highest BCUT2D eigenvalue weighted by molar-refractivity contribution is 6.44. The van der Waals surface area contributed by atoms with Crippen molar-refractivity contribution in [1.29, 1.82) is 0 Å². The van der Waals surface area contributed by atoms with Crippen LogP contribution in [0, 0.1) is 5.92 Å². The van der Waals surface area contributed by atoms with Crippen molar-refractivity contribution in [2.24, 2.45) is 5.92 Å². The highest BCUT2D eigenvalue weighted by Gasteiger charge is 2.55. The van der Waals surface area contributed by atoms with Gasteiger partial charge in [-0.05, 0) is 44.7 Å². The van der Waals surface area contributed by atoms with Crippen LogP contribution in [0.5, 0.6) is 0 Å². The van der Waals surface area contributed by atoms with Crippen molar-refractivity contribution < 1.29 is 9.59 Å². The molecule has 1 aromatic carbocycles. The molecule has 2 amide bonds. The fourth-order valence-electron chi connectivity index (χ4n) is 2.89. The zero-order valence-corrected chi connectivity index (χ0v) is 13.3. The third-order valence-electron chi connectivity index (χ3n) is 4.40. The van der Waals surface area contributed by atoms with E-state index in [1.807, 2.05) is 0 Å². The second-order valence-electron chi connectivity index (χ2n) is 5.89. The van der Waals surface area contributed by atoms with Gasteiger partial charge in [0, 0.05) is 0 Å². The molecule has 2 fully saturated rings. The van der Waals surface area contributed by atoms with Crippen LogP contribution in [0.25, 0.3) is 0 Å². The number of halogens is 2. The second-order valence-corrected chi connectivity index (χ2v) is 6.68. The number of rotatable bonds is 2. The molecule has 2 unspecified atom stereocenters. The van der Waals surface area contributed by atoms with E-state index in [9.17, 15) is 9.59 Å². The van der Waals surface area contributed by atoms with E-state index in [1.165, 1.54) is 4.90 Å². The van der Waals surface area contributed by atoms with Crippen LogP contribution in [0.4, 0.5) is 5.69 Å². The number of carbonyl (C=O) groups excluding carboxylic acids is 2. The van der Waals surface area contributed by atoms with Crippen molar-refractivity contribution >= 4 is 40.7 Å². The summed E-state index contributed by atoms with van der Waals surface area (Å²) < 4.78 is 0. The lowest BCUT2D eigenvalue weighted by Gasteiger charge is -2.43. The maximum Gasteiger partial charge on any atom is 0.253 e. The molecule has 112 valence electrons. The first kappa shape index (κ1) is 14.7. The summed E-state index contributed by atoms with van der Waals surface area (Å²) in [4.78, 5) is 26.7. The van der Waals surface area contributed by atoms with Crippen molar-refractivity contribution in [1.82, 2.24) is 5.32 Å². The Labute approximate surface area is 133 Å². The average molecular weight is 327 g/mol. The van der Waals surface area contributed by atoms with Gasteiger partial charge in [0.25, 0.3) is 5.91 Å². The van der Waals surface area contributed by atoms with Crippen molar-refractivity contribution in [3.63, 3.8) is 0 Å². The molecule has 1 aliphatic carbocycles. The summed E-state index contributed by atoms with van der Waals surface area (Å²) >= 11 is 12.3. The first-order chi connectivity index (χ1) is 9.86. The Bertz CT molecular complexity index is 630. The number of hydrogen-bond acceptors (Lipinski definition) is 2. The van der Waals surface area contributed by atoms with Crippen LogP contribution >= 0.6 is 23.2 Å². The Morgan fingerprint density at radius 1 is 1.29 bits per heavy atom. The van der Waals surface area contributed by atoms with Gasteiger partial charge >= 0.3 is 0 Å². The minimum atomic E-state index is -0.852. The third kappa shape index (κ3) is 2.21. The molecule has 1 heterocycles. The Balaban J connectivity index is 2.08. The predicted octanol–water partition coefficient (Wildman–Crippen LogP) is 3.01. The molecule has 4 nitrogen and oxygen atoms in total. The van der Waals surface area contributed by atoms with Crippen LogP contribution in [-0.2, 0) is 9.59 Å². The van der Waals surface area contributed by atoms with Gasteiger partial charge in [-0.1, -0.05) is 29.3 Å². The summed E-state index contributed by atoms with van der Waals surface area (Å²) in [5.41, 5.74) is -0.363. The number of benzene rings is 1. The molecule has 0 aromatic heterocycles. The highest BCUT2D eigenvalue weighted by Crippen LogP contribution is 2.44. The van der Waals surface area contributed by atoms with Crippen LogP contribution in [-0.4, -0.2) is 23.4 Å². The maximum absolute atomic E-state index is 13.0. The van der Waals surface area contributed by atoms with Crippen LogP contribution in [0.15, 0.2) is 18.2 Å². The summed E-state index contributed by atoms with van der Waals surface area (Å²) in [5, 5.41) is 3.55. The molecule has 1 aromatic rings. The molecule has 3 rings (SSSR count). The molecular weight excluding hydrogens is 311 g/mol. The van der Waals surface area contributed by atoms with Crippen LogP contribution in [0.1, 0.15) is 26.7 Å². The van der Waals surface area contributed by atoms with E-state index in [0.717, 1.165) is 12.8 Å². The largest absolute Gasteiger partial charge is 0.340 e. The fourth-order valence-corrected chi connectivity index (χ4v) is 3.28. The van der Waals surface area contributed by atoms with Crippen LogP contribution < -0.4 is 10.2 Å². The van der Waals surface area contributed by atoms with Gasteiger partial charge in [-0.3, -0.25) is 14.5 Å². The van der Waals surface area contributed by atoms with Crippen molar-refractivity contribution in [3.05, 3.63) is 28.2 Å². The van der Waals surface area contributed by atoms with Gasteiger partial charge in [0.15, 0.2) is 0 Å². The lowest BCUT2D eigenvalue weighted by Crippen LogP contribution is -2.70. The lowest BCUT2D eigenvalue weighted by molar-refractivity contribution is -0.138. The Morgan fingerprint density at radius 3 is 2.57 bits per heavy atom. The minimum Gasteiger partial charge on any atom is -0.340 e. The van der Waals surface area contributed by atoms with Gasteiger partial charge in [0.2, 0.25) is 5.91 Å². The molecule has 0 spiro atoms. The van der Waals surface area contributed by atoms with E-state index in [0.29, 0.717) is 15.7 Å². The molecule has 1 N–H and O–H groups in total. The van der Waals surface area contributed by atoms with E-state index in [-0.39, 0.29) is 17.7 Å². The predicted molar refractivity (Wildman–Crippen MR) is 82.7 cm³/mol. The highest BCUT2D eigenvalue weighted by atomic mass is 35.5. The van der Waals surface area contributed by atoms with Crippen molar-refractivity contribution in [3.8, 4) is 0 Å². The molecule has 2 aliphatic rings. The zero-order valence-electron chi connectivity index (χ0n) is 11.8. The molecule has 1 saturated carbocycles. The molecule has 21 heavy (non-hydrogen) atoms. The van der Waals surface area contributed by atoms with E-state index in [4.69, 9.17) is 23.2 Å². The average Bonchev–Trinajstić information content (AvgIpc) is 3.26. The number of piperazine rings is 1. The first-order valence-corrected chi connectivity index (χ1v) is 7.71. The smallest absolute Gasteiger partial charge is 0.253 e. The number of hydrogen-bond donors (Lipinski definition) is 1. The lowest BCUT2D eigenvalue weighted by atomic mass is 9.89. The molecule has 2 atom stereocenters. The number of anilines is 1. The van der Waals surface area contributed by atoms with E-state index in [1.54, 1.807) is 32.0 Å². The van der Waals surface area contributed by atoms with Gasteiger partial charge in [0.05, 0.1) is 15.7 Å². The van der Waals surface area contributed by atoms with Gasteiger partial charge in [-0.15, -0.1) is 0 Å². The van der Waals surface area contributed by atoms with E-state index in [2.05, 4.69) is 5.32 Å². The summed E-state index contributed by atoms with van der Waals surface area (Å²) in [6.07, 6.45) is 1.90. The Morgan fingerprint density at radius 2 is 1.95 bits per heavy atom. The second kappa shape index (κ2) is 4.89. The number of nitrogens with one attached hydrogen (secondary N) is 1. The minimum absolute atomic E-state index is 0.124. The first-order valence-electron chi connectivity index (χ1n) is 6.96. The van der Waals surface area contributed by atoms with Gasteiger partial charge < -0.3 is 5.32 Å². The molecule has 0 bridgehead atoms. The van der Waals surface area contributed by atoms with Crippen LogP contribution in [0.3, 0.4) is 0 Å². The Kier molecular flexibility index (Phi) is 3.41. The fraction of sp³-hybridized carbons (Fsp3) is 0.467. The molecule has 0 radical (unpaired) electrons. The van der Waals surface area contributed by atoms with Gasteiger partial charge in [0.1, 0.15) is 11.6 Å². The monoisotopic (exact) mass is 326 g/mol. The molecule has 6 heteroatoms. The van der Waals surface area contributed by atoms with E-state index < -0.39 is 11.6 Å². The van der Waals surface area contributed by atoms with Crippen LogP contribution in [0.2, 0.25) is 10.0 Å². The van der Waals surface area contributed by atoms with Crippen molar-refractivity contribution in [2.45, 2.75) is 38.3 Å². The van der Waals surface area contributed by atoms with Gasteiger partial charge in [-0.2, -0.15) is 0 Å². The number of nitrogens with zero attached hydrogens (tertiary/aromatic N) is 1. The Hall–Kier alpha value is -1.26. The molecular formula is C15H16Cl2N2O2. The zero-order chi connectivity index (χ0) is 15.4. The molecule has 1 saturated heterocycles. The normalized spacial score (nSPS) is 29.5. The van der Waals surface area contributed by atoms with Crippen molar-refractivity contribution in [2.75, 3.05) is 4.90 Å². The number of amides is 2. The number of carbonyl (C=O) groups is 2. The van der Waals surface area contributed by atoms with Gasteiger partial charge in [-0.25, -0.2) is 0 Å². The summed E-state index contributed by atoms with van der Waals surface area (Å²) in [7, 11) is 0. The SMILES string of the molecule is CC1C(=O)NC(C)(C2CC2)C(=O)N1c1cccc(Cl)c1Cl. The summed E-state index contributed by atoms with van der Waals surface area (Å²) in [6, 6.07) is 4.49. The third-order valence-corrected chi connectivity index (χ3v) is 5.21. The summed E-state index contributed by atoms with van der Waals surface area (Å²) in [5.74, 6) is -0.0942. The van der Waals surface area contributed by atoms with E-state index >= 15 is 0 Å². The topological polar surface area (TPSA) is 49.4 Å². The standard InChI is InChI=1S/C15H16Cl2N2O2/c1-8-13(20)18-15(2,9-6-7-9)14(21)19(8)11-5-3-4-10(16)12(11)17/h3-5,8-9H,6-7H2,1-2H3,(H,18,20).